The zero-order valence-electron chi connectivity index (χ0n) is 14.9. The normalized spacial score (nSPS) is 35.2. The summed E-state index contributed by atoms with van der Waals surface area (Å²) in [5.74, 6) is 2.57. The number of amides is 1. The molecule has 1 N–H and O–H groups in total. The number of halogens is 1. The molecule has 4 bridgehead atoms. The molecule has 4 fully saturated rings. The first kappa shape index (κ1) is 16.4. The number of rotatable bonds is 4. The van der Waals surface area contributed by atoms with Crippen molar-refractivity contribution in [3.63, 3.8) is 0 Å². The van der Waals surface area contributed by atoms with Gasteiger partial charge in [-0.05, 0) is 75.0 Å². The molecule has 1 heterocycles. The Morgan fingerprint density at radius 1 is 1.29 bits per heavy atom. The van der Waals surface area contributed by atoms with Crippen molar-refractivity contribution in [2.75, 3.05) is 0 Å². The predicted octanol–water partition coefficient (Wildman–Crippen LogP) is 4.11. The molecule has 132 valence electrons. The quantitative estimate of drug-likeness (QED) is 0.889. The van der Waals surface area contributed by atoms with E-state index < -0.39 is 0 Å². The van der Waals surface area contributed by atoms with Gasteiger partial charge in [0.25, 0.3) is 5.91 Å². The Balaban J connectivity index is 1.56. The summed E-state index contributed by atoms with van der Waals surface area (Å²) in [5, 5.41) is 8.12. The van der Waals surface area contributed by atoms with Gasteiger partial charge in [0.2, 0.25) is 0 Å². The average molecular weight is 350 g/mol. The van der Waals surface area contributed by atoms with Crippen molar-refractivity contribution in [3.8, 4) is 0 Å². The number of nitrogens with one attached hydrogen (secondary N) is 1. The van der Waals surface area contributed by atoms with E-state index in [1.54, 1.807) is 4.68 Å². The second-order valence-corrected chi connectivity index (χ2v) is 8.96. The Morgan fingerprint density at radius 2 is 1.83 bits per heavy atom. The van der Waals surface area contributed by atoms with Gasteiger partial charge in [0.15, 0.2) is 5.69 Å². The Labute approximate surface area is 149 Å². The molecule has 4 aliphatic rings. The molecule has 5 rings (SSSR count). The maximum Gasteiger partial charge on any atom is 0.273 e. The molecule has 4 nitrogen and oxygen atoms in total. The van der Waals surface area contributed by atoms with E-state index in [9.17, 15) is 4.79 Å². The lowest BCUT2D eigenvalue weighted by Gasteiger charge is -2.59. The van der Waals surface area contributed by atoms with Crippen LogP contribution in [-0.2, 0) is 7.05 Å². The van der Waals surface area contributed by atoms with Crippen LogP contribution in [0, 0.1) is 30.1 Å². The van der Waals surface area contributed by atoms with E-state index in [2.05, 4.69) is 17.3 Å². The lowest BCUT2D eigenvalue weighted by atomic mass is 9.47. The Bertz CT molecular complexity index is 631. The highest BCUT2D eigenvalue weighted by atomic mass is 35.5. The van der Waals surface area contributed by atoms with Crippen molar-refractivity contribution in [2.45, 2.75) is 64.8 Å². The lowest BCUT2D eigenvalue weighted by Crippen LogP contribution is -2.56. The molecule has 5 heteroatoms. The van der Waals surface area contributed by atoms with Crippen molar-refractivity contribution in [1.82, 2.24) is 15.1 Å². The summed E-state index contributed by atoms with van der Waals surface area (Å²) in [6.07, 6.45) is 9.16. The van der Waals surface area contributed by atoms with Crippen LogP contribution in [0.15, 0.2) is 0 Å². The van der Waals surface area contributed by atoms with Crippen molar-refractivity contribution in [3.05, 3.63) is 16.4 Å². The minimum Gasteiger partial charge on any atom is -0.347 e. The average Bonchev–Trinajstić information content (AvgIpc) is 2.78. The molecule has 0 unspecified atom stereocenters. The van der Waals surface area contributed by atoms with Crippen molar-refractivity contribution < 1.29 is 4.79 Å². The molecule has 0 aromatic carbocycles. The van der Waals surface area contributed by atoms with E-state index in [0.717, 1.165) is 29.9 Å². The Kier molecular flexibility index (Phi) is 3.94. The zero-order valence-corrected chi connectivity index (χ0v) is 15.7. The monoisotopic (exact) mass is 349 g/mol. The minimum absolute atomic E-state index is 0.105. The van der Waals surface area contributed by atoms with E-state index in [-0.39, 0.29) is 11.9 Å². The third-order valence-electron chi connectivity index (χ3n) is 7.01. The molecule has 0 saturated heterocycles. The molecular formula is C19H28ClN3O. The molecular weight excluding hydrogens is 322 g/mol. The highest BCUT2D eigenvalue weighted by Gasteiger charge is 2.54. The van der Waals surface area contributed by atoms with Crippen LogP contribution in [0.4, 0.5) is 0 Å². The van der Waals surface area contributed by atoms with Gasteiger partial charge in [-0.3, -0.25) is 9.48 Å². The summed E-state index contributed by atoms with van der Waals surface area (Å²) >= 11 is 6.31. The lowest BCUT2D eigenvalue weighted by molar-refractivity contribution is -0.0727. The first-order valence-corrected chi connectivity index (χ1v) is 9.79. The highest BCUT2D eigenvalue weighted by molar-refractivity contribution is 6.34. The number of hydrogen-bond acceptors (Lipinski definition) is 2. The van der Waals surface area contributed by atoms with E-state index in [0.29, 0.717) is 16.1 Å². The van der Waals surface area contributed by atoms with Gasteiger partial charge in [0, 0.05) is 13.1 Å². The van der Waals surface area contributed by atoms with Gasteiger partial charge >= 0.3 is 0 Å². The van der Waals surface area contributed by atoms with E-state index >= 15 is 0 Å². The van der Waals surface area contributed by atoms with Crippen LogP contribution in [-0.4, -0.2) is 21.7 Å². The molecule has 1 atom stereocenters. The van der Waals surface area contributed by atoms with Crippen LogP contribution in [0.3, 0.4) is 0 Å². The maximum absolute atomic E-state index is 12.8. The summed E-state index contributed by atoms with van der Waals surface area (Å²) in [6.45, 7) is 4.09. The van der Waals surface area contributed by atoms with Gasteiger partial charge in [-0.15, -0.1) is 0 Å². The van der Waals surface area contributed by atoms with Gasteiger partial charge in [-0.25, -0.2) is 0 Å². The van der Waals surface area contributed by atoms with Crippen LogP contribution in [0.2, 0.25) is 5.02 Å². The summed E-state index contributed by atoms with van der Waals surface area (Å²) in [5.41, 5.74) is 1.53. The number of aryl methyl sites for hydroxylation is 1. The number of nitrogens with zero attached hydrogens (tertiary/aromatic N) is 2. The Hall–Kier alpha value is -1.03. The number of carbonyl (C=O) groups is 1. The van der Waals surface area contributed by atoms with Gasteiger partial charge in [-0.2, -0.15) is 5.10 Å². The predicted molar refractivity (Wildman–Crippen MR) is 95.1 cm³/mol. The molecule has 0 spiro atoms. The van der Waals surface area contributed by atoms with E-state index in [1.807, 2.05) is 14.0 Å². The first-order valence-electron chi connectivity index (χ1n) is 9.42. The second-order valence-electron chi connectivity index (χ2n) is 8.59. The fourth-order valence-corrected chi connectivity index (χ4v) is 6.49. The van der Waals surface area contributed by atoms with Crippen LogP contribution < -0.4 is 5.32 Å². The van der Waals surface area contributed by atoms with Gasteiger partial charge in [0.05, 0.1) is 10.7 Å². The molecule has 0 radical (unpaired) electrons. The number of carbonyl (C=O) groups excluding carboxylic acids is 1. The maximum atomic E-state index is 12.8. The minimum atomic E-state index is -0.105. The van der Waals surface area contributed by atoms with Crippen LogP contribution >= 0.6 is 11.6 Å². The molecule has 1 amide bonds. The summed E-state index contributed by atoms with van der Waals surface area (Å²) < 4.78 is 1.68. The van der Waals surface area contributed by atoms with Crippen LogP contribution in [0.25, 0.3) is 0 Å². The third-order valence-corrected chi connectivity index (χ3v) is 7.47. The van der Waals surface area contributed by atoms with E-state index in [1.165, 1.54) is 38.5 Å². The summed E-state index contributed by atoms with van der Waals surface area (Å²) in [6, 6.07) is 0.247. The Morgan fingerprint density at radius 3 is 2.25 bits per heavy atom. The molecule has 0 aliphatic heterocycles. The highest BCUT2D eigenvalue weighted by Crippen LogP contribution is 2.61. The van der Waals surface area contributed by atoms with Gasteiger partial charge in [0.1, 0.15) is 0 Å². The molecule has 1 aromatic heterocycles. The van der Waals surface area contributed by atoms with Crippen LogP contribution in [0.5, 0.6) is 0 Å². The van der Waals surface area contributed by atoms with Gasteiger partial charge < -0.3 is 5.32 Å². The first-order chi connectivity index (χ1) is 11.4. The smallest absolute Gasteiger partial charge is 0.273 e. The molecule has 24 heavy (non-hydrogen) atoms. The van der Waals surface area contributed by atoms with Gasteiger partial charge in [-0.1, -0.05) is 18.5 Å². The number of aromatic nitrogens is 2. The van der Waals surface area contributed by atoms with E-state index in [4.69, 9.17) is 11.6 Å². The molecule has 1 aromatic rings. The van der Waals surface area contributed by atoms with Crippen molar-refractivity contribution in [1.29, 1.82) is 0 Å². The van der Waals surface area contributed by atoms with Crippen molar-refractivity contribution in [2.24, 2.45) is 30.2 Å². The molecule has 4 saturated carbocycles. The van der Waals surface area contributed by atoms with Crippen LogP contribution in [0.1, 0.15) is 68.1 Å². The zero-order chi connectivity index (χ0) is 17.1. The number of hydrogen-bond donors (Lipinski definition) is 1. The summed E-state index contributed by atoms with van der Waals surface area (Å²) in [4.78, 5) is 12.8. The summed E-state index contributed by atoms with van der Waals surface area (Å²) in [7, 11) is 1.83. The standard InChI is InChI=1S/C19H28ClN3O/c1-4-15(21-18(24)17-16(20)11(2)23(3)22-17)19-8-12-5-13(9-19)7-14(6-12)10-19/h12-15H,4-10H2,1-3H3,(H,21,24)/t12?,13?,14?,15-,19?/m1/s1. The SMILES string of the molecule is CC[C@@H](NC(=O)c1nn(C)c(C)c1Cl)C12CC3CC(CC(C3)C1)C2. The van der Waals surface area contributed by atoms with Crippen molar-refractivity contribution >= 4 is 17.5 Å². The fourth-order valence-electron chi connectivity index (χ4n) is 6.25. The third kappa shape index (κ3) is 2.49. The topological polar surface area (TPSA) is 46.9 Å². The largest absolute Gasteiger partial charge is 0.347 e. The fraction of sp³-hybridized carbons (Fsp3) is 0.789. The second kappa shape index (κ2) is 5.76. The molecule has 4 aliphatic carbocycles.